The molecule has 2 aliphatic rings. The van der Waals surface area contributed by atoms with E-state index in [-0.39, 0.29) is 17.1 Å². The van der Waals surface area contributed by atoms with Gasteiger partial charge in [0.05, 0.1) is 6.54 Å². The van der Waals surface area contributed by atoms with E-state index >= 15 is 0 Å². The zero-order valence-corrected chi connectivity index (χ0v) is 13.8. The summed E-state index contributed by atoms with van der Waals surface area (Å²) in [6, 6.07) is 6.31. The molecule has 0 saturated carbocycles. The highest BCUT2D eigenvalue weighted by atomic mass is 19.1. The lowest BCUT2D eigenvalue weighted by Gasteiger charge is -2.24. The predicted molar refractivity (Wildman–Crippen MR) is 88.9 cm³/mol. The molecule has 24 heavy (non-hydrogen) atoms. The highest BCUT2D eigenvalue weighted by molar-refractivity contribution is 5.96. The molecule has 2 aromatic rings. The smallest absolute Gasteiger partial charge is 0.227 e. The molecule has 0 radical (unpaired) electrons. The van der Waals surface area contributed by atoms with Crippen molar-refractivity contribution in [2.45, 2.75) is 19.4 Å². The van der Waals surface area contributed by atoms with Crippen LogP contribution in [0.2, 0.25) is 0 Å². The van der Waals surface area contributed by atoms with Gasteiger partial charge in [-0.2, -0.15) is 0 Å². The summed E-state index contributed by atoms with van der Waals surface area (Å²) < 4.78 is 15.5. The molecule has 2 aliphatic heterocycles. The minimum atomic E-state index is -0.302. The van der Waals surface area contributed by atoms with Gasteiger partial charge in [-0.15, -0.1) is 0 Å². The lowest BCUT2D eigenvalue weighted by Crippen LogP contribution is -2.31. The Kier molecular flexibility index (Phi) is 3.64. The standard InChI is InChI=1S/C18H21FN4O/c1-21-8-6-20-16(21)11-22-7-5-18(12-22)10-17(24)23(13-18)15-4-2-3-14(19)9-15/h2-4,6,8-9H,5,7,10-13H2,1H3. The first-order valence-corrected chi connectivity index (χ1v) is 8.29. The van der Waals surface area contributed by atoms with Crippen molar-refractivity contribution < 1.29 is 9.18 Å². The Morgan fingerprint density at radius 3 is 2.96 bits per heavy atom. The predicted octanol–water partition coefficient (Wildman–Crippen LogP) is 2.19. The van der Waals surface area contributed by atoms with Gasteiger partial charge in [0.15, 0.2) is 0 Å². The van der Waals surface area contributed by atoms with Crippen molar-refractivity contribution in [3.8, 4) is 0 Å². The van der Waals surface area contributed by atoms with Crippen molar-refractivity contribution in [1.29, 1.82) is 0 Å². The molecule has 1 spiro atoms. The number of hydrogen-bond donors (Lipinski definition) is 0. The van der Waals surface area contributed by atoms with Crippen LogP contribution in [0.15, 0.2) is 36.7 Å². The quantitative estimate of drug-likeness (QED) is 0.867. The molecule has 0 aliphatic carbocycles. The fourth-order valence-corrected chi connectivity index (χ4v) is 3.96. The molecule has 2 fully saturated rings. The third-order valence-electron chi connectivity index (χ3n) is 5.24. The fraction of sp³-hybridized carbons (Fsp3) is 0.444. The van der Waals surface area contributed by atoms with E-state index in [4.69, 9.17) is 0 Å². The van der Waals surface area contributed by atoms with Crippen LogP contribution in [0.25, 0.3) is 0 Å². The molecule has 126 valence electrons. The molecule has 5 nitrogen and oxygen atoms in total. The summed E-state index contributed by atoms with van der Waals surface area (Å²) in [5, 5.41) is 0. The van der Waals surface area contributed by atoms with E-state index < -0.39 is 0 Å². The summed E-state index contributed by atoms with van der Waals surface area (Å²) in [4.78, 5) is 21.0. The van der Waals surface area contributed by atoms with Gasteiger partial charge in [-0.1, -0.05) is 6.07 Å². The first-order valence-electron chi connectivity index (χ1n) is 8.29. The lowest BCUT2D eigenvalue weighted by molar-refractivity contribution is -0.117. The Morgan fingerprint density at radius 1 is 1.33 bits per heavy atom. The molecule has 1 atom stereocenters. The van der Waals surface area contributed by atoms with E-state index in [9.17, 15) is 9.18 Å². The Balaban J connectivity index is 1.47. The number of carbonyl (C=O) groups is 1. The minimum absolute atomic E-state index is 0.0193. The molecular formula is C18H21FN4O. The van der Waals surface area contributed by atoms with Crippen LogP contribution in [-0.2, 0) is 18.4 Å². The number of anilines is 1. The van der Waals surface area contributed by atoms with Gasteiger partial charge < -0.3 is 9.47 Å². The van der Waals surface area contributed by atoms with Crippen molar-refractivity contribution in [2.75, 3.05) is 24.5 Å². The molecule has 1 amide bonds. The van der Waals surface area contributed by atoms with Gasteiger partial charge in [-0.3, -0.25) is 9.69 Å². The van der Waals surface area contributed by atoms with E-state index in [1.807, 2.05) is 24.0 Å². The fourth-order valence-electron chi connectivity index (χ4n) is 3.96. The van der Waals surface area contributed by atoms with Gasteiger partial charge in [-0.05, 0) is 31.2 Å². The maximum atomic E-state index is 13.5. The van der Waals surface area contributed by atoms with Crippen LogP contribution in [0.1, 0.15) is 18.7 Å². The van der Waals surface area contributed by atoms with Crippen LogP contribution in [0.5, 0.6) is 0 Å². The van der Waals surface area contributed by atoms with Crippen molar-refractivity contribution in [1.82, 2.24) is 14.5 Å². The molecular weight excluding hydrogens is 307 g/mol. The number of aromatic nitrogens is 2. The Bertz CT molecular complexity index is 774. The molecule has 2 saturated heterocycles. The van der Waals surface area contributed by atoms with Crippen LogP contribution >= 0.6 is 0 Å². The highest BCUT2D eigenvalue weighted by Gasteiger charge is 2.47. The van der Waals surface area contributed by atoms with Gasteiger partial charge in [0.2, 0.25) is 5.91 Å². The number of halogens is 1. The molecule has 1 aromatic heterocycles. The lowest BCUT2D eigenvalue weighted by atomic mass is 9.86. The van der Waals surface area contributed by atoms with E-state index in [1.165, 1.54) is 12.1 Å². The van der Waals surface area contributed by atoms with Crippen molar-refractivity contribution in [3.63, 3.8) is 0 Å². The van der Waals surface area contributed by atoms with Gasteiger partial charge in [0.25, 0.3) is 0 Å². The van der Waals surface area contributed by atoms with Gasteiger partial charge >= 0.3 is 0 Å². The van der Waals surface area contributed by atoms with E-state index in [0.29, 0.717) is 18.7 Å². The van der Waals surface area contributed by atoms with Crippen LogP contribution in [-0.4, -0.2) is 40.0 Å². The van der Waals surface area contributed by atoms with E-state index in [0.717, 1.165) is 31.9 Å². The molecule has 4 rings (SSSR count). The van der Waals surface area contributed by atoms with Crippen LogP contribution in [0, 0.1) is 11.2 Å². The first-order chi connectivity index (χ1) is 11.5. The molecule has 0 N–H and O–H groups in total. The molecule has 1 unspecified atom stereocenters. The van der Waals surface area contributed by atoms with Crippen molar-refractivity contribution >= 4 is 11.6 Å². The summed E-state index contributed by atoms with van der Waals surface area (Å²) in [5.41, 5.74) is 0.647. The second kappa shape index (κ2) is 5.70. The topological polar surface area (TPSA) is 41.4 Å². The number of likely N-dealkylation sites (tertiary alicyclic amines) is 1. The van der Waals surface area contributed by atoms with Crippen LogP contribution < -0.4 is 4.90 Å². The average Bonchev–Trinajstić information content (AvgIpc) is 3.21. The Labute approximate surface area is 140 Å². The van der Waals surface area contributed by atoms with Crippen LogP contribution in [0.3, 0.4) is 0 Å². The molecule has 3 heterocycles. The number of nitrogens with zero attached hydrogens (tertiary/aromatic N) is 4. The first kappa shape index (κ1) is 15.3. The third-order valence-corrected chi connectivity index (χ3v) is 5.24. The minimum Gasteiger partial charge on any atom is -0.337 e. The number of hydrogen-bond acceptors (Lipinski definition) is 3. The number of imidazole rings is 1. The average molecular weight is 328 g/mol. The summed E-state index contributed by atoms with van der Waals surface area (Å²) in [7, 11) is 2.00. The van der Waals surface area contributed by atoms with Crippen molar-refractivity contribution in [3.05, 3.63) is 48.3 Å². The Hall–Kier alpha value is -2.21. The second-order valence-electron chi connectivity index (χ2n) is 7.05. The monoisotopic (exact) mass is 328 g/mol. The molecule has 1 aromatic carbocycles. The summed E-state index contributed by atoms with van der Waals surface area (Å²) in [6.45, 7) is 3.33. The Morgan fingerprint density at radius 2 is 2.21 bits per heavy atom. The number of aryl methyl sites for hydroxylation is 1. The van der Waals surface area contributed by atoms with E-state index in [1.54, 1.807) is 17.0 Å². The van der Waals surface area contributed by atoms with Gasteiger partial charge in [-0.25, -0.2) is 9.37 Å². The number of carbonyl (C=O) groups excluding carboxylic acids is 1. The van der Waals surface area contributed by atoms with Crippen molar-refractivity contribution in [2.24, 2.45) is 12.5 Å². The zero-order chi connectivity index (χ0) is 16.7. The summed E-state index contributed by atoms with van der Waals surface area (Å²) >= 11 is 0. The van der Waals surface area contributed by atoms with Crippen LogP contribution in [0.4, 0.5) is 10.1 Å². The SMILES string of the molecule is Cn1ccnc1CN1CCC2(CC(=O)N(c3cccc(F)c3)C2)C1. The molecule has 0 bridgehead atoms. The van der Waals surface area contributed by atoms with Gasteiger partial charge in [0, 0.05) is 50.1 Å². The normalized spacial score (nSPS) is 24.4. The third kappa shape index (κ3) is 2.71. The summed E-state index contributed by atoms with van der Waals surface area (Å²) in [6.07, 6.45) is 5.30. The largest absolute Gasteiger partial charge is 0.337 e. The number of rotatable bonds is 3. The van der Waals surface area contributed by atoms with Gasteiger partial charge in [0.1, 0.15) is 11.6 Å². The van der Waals surface area contributed by atoms with E-state index in [2.05, 4.69) is 9.88 Å². The maximum absolute atomic E-state index is 13.5. The number of amides is 1. The second-order valence-corrected chi connectivity index (χ2v) is 7.05. The number of benzene rings is 1. The zero-order valence-electron chi connectivity index (χ0n) is 13.8. The highest BCUT2D eigenvalue weighted by Crippen LogP contribution is 2.42. The summed E-state index contributed by atoms with van der Waals surface area (Å²) in [5.74, 6) is 0.835. The molecule has 6 heteroatoms. The maximum Gasteiger partial charge on any atom is 0.227 e.